The number of aryl methyl sites for hydroxylation is 1. The zero-order valence-electron chi connectivity index (χ0n) is 54.9. The molecular weight excluding hydrogens is 1180 g/mol. The van der Waals surface area contributed by atoms with Crippen molar-refractivity contribution in [2.75, 3.05) is 62.5 Å². The van der Waals surface area contributed by atoms with E-state index >= 15 is 0 Å². The van der Waals surface area contributed by atoms with Crippen molar-refractivity contribution in [1.29, 1.82) is 0 Å². The summed E-state index contributed by atoms with van der Waals surface area (Å²) in [5.74, 6) is -8.95. The Morgan fingerprint density at radius 2 is 1.50 bits per heavy atom. The Kier molecular flexibility index (Phi) is 24.7. The summed E-state index contributed by atoms with van der Waals surface area (Å²) in [6.45, 7) is 14.1. The average Bonchev–Trinajstić information content (AvgIpc) is 0.810. The summed E-state index contributed by atoms with van der Waals surface area (Å²) < 4.78 is 30.5. The summed E-state index contributed by atoms with van der Waals surface area (Å²) in [5, 5.41) is 34.6. The molecule has 8 rings (SSSR count). The molecule has 0 radical (unpaired) electrons. The van der Waals surface area contributed by atoms with Crippen LogP contribution in [0.2, 0.25) is 0 Å². The second-order valence-electron chi connectivity index (χ2n) is 26.6. The number of cyclic esters (lactones) is 1. The predicted octanol–water partition coefficient (Wildman–Crippen LogP) is 5.27. The molecule has 16 atom stereocenters. The molecule has 1 amide bonds. The van der Waals surface area contributed by atoms with Crippen LogP contribution >= 0.6 is 0 Å². The average molecular weight is 1280 g/mol. The van der Waals surface area contributed by atoms with E-state index in [0.717, 1.165) is 21.7 Å². The molecule has 6 heterocycles. The first-order valence-electron chi connectivity index (χ1n) is 32.9. The second-order valence-corrected chi connectivity index (χ2v) is 26.6. The van der Waals surface area contributed by atoms with Gasteiger partial charge in [-0.2, -0.15) is 4.98 Å². The number of ketones is 4. The molecule has 1 saturated carbocycles. The third-order valence-corrected chi connectivity index (χ3v) is 19.7. The second kappa shape index (κ2) is 32.0. The number of allylic oxidation sites excluding steroid dienone is 6. The molecule has 7 N–H and O–H groups in total. The lowest BCUT2D eigenvalue weighted by atomic mass is 9.80. The lowest BCUT2D eigenvalue weighted by Gasteiger charge is -2.42. The number of Topliss-reactive ketones (excluding diaryl/α,β-unsaturated/α-hetero) is 4. The van der Waals surface area contributed by atoms with Crippen LogP contribution in [0.3, 0.4) is 0 Å². The topological polar surface area (TPSA) is 340 Å². The van der Waals surface area contributed by atoms with E-state index in [0.29, 0.717) is 109 Å². The van der Waals surface area contributed by atoms with E-state index in [4.69, 9.17) is 45.1 Å². The number of nitrogen functional groups attached to an aromatic ring is 1. The van der Waals surface area contributed by atoms with Gasteiger partial charge < -0.3 is 65.2 Å². The fraction of sp³-hybridized carbons (Fsp3) is 0.662. The third-order valence-electron chi connectivity index (χ3n) is 19.7. The fourth-order valence-corrected chi connectivity index (χ4v) is 13.8. The van der Waals surface area contributed by atoms with Gasteiger partial charge in [-0.3, -0.25) is 28.8 Å². The van der Waals surface area contributed by atoms with Gasteiger partial charge >= 0.3 is 11.9 Å². The van der Waals surface area contributed by atoms with Crippen molar-refractivity contribution in [2.45, 2.75) is 205 Å². The maximum Gasteiger partial charge on any atom is 0.329 e. The molecule has 24 heteroatoms. The van der Waals surface area contributed by atoms with Gasteiger partial charge in [0.1, 0.15) is 42.1 Å². The zero-order chi connectivity index (χ0) is 66.7. The number of carbonyl (C=O) groups is 7. The number of hydrogen-bond donors (Lipinski definition) is 5. The monoisotopic (exact) mass is 1280 g/mol. The number of piperidine rings is 1. The minimum atomic E-state index is -2.50. The molecule has 92 heavy (non-hydrogen) atoms. The number of carbonyl (C=O) groups excluding carboxylic acids is 7. The van der Waals surface area contributed by atoms with Gasteiger partial charge in [0, 0.05) is 102 Å². The number of nitrogens with zero attached hydrogens (tertiary/aromatic N) is 7. The van der Waals surface area contributed by atoms with E-state index in [1.54, 1.807) is 41.2 Å². The highest BCUT2D eigenvalue weighted by molar-refractivity contribution is 6.39. The smallest absolute Gasteiger partial charge is 0.329 e. The van der Waals surface area contributed by atoms with E-state index < -0.39 is 120 Å². The summed E-state index contributed by atoms with van der Waals surface area (Å²) in [7, 11) is 3.11. The van der Waals surface area contributed by atoms with Crippen LogP contribution in [0.4, 0.5) is 17.7 Å². The van der Waals surface area contributed by atoms with Gasteiger partial charge in [-0.1, -0.05) is 64.2 Å². The molecule has 6 aliphatic rings. The van der Waals surface area contributed by atoms with Crippen LogP contribution in [0.5, 0.6) is 0 Å². The first kappa shape index (κ1) is 71.2. The number of fused-ring (bicyclic) bond motifs is 4. The first-order chi connectivity index (χ1) is 43.8. The number of aliphatic hydroxyl groups is 3. The van der Waals surface area contributed by atoms with E-state index in [1.165, 1.54) is 26.1 Å². The Morgan fingerprint density at radius 1 is 0.793 bits per heavy atom. The molecule has 2 bridgehead atoms. The minimum absolute atomic E-state index is 0.00723. The number of anilines is 3. The molecular formula is C68H97N9O15. The van der Waals surface area contributed by atoms with Crippen molar-refractivity contribution in [3.05, 3.63) is 76.8 Å². The van der Waals surface area contributed by atoms with Gasteiger partial charge in [-0.05, 0) is 133 Å². The van der Waals surface area contributed by atoms with Crippen molar-refractivity contribution in [3.8, 4) is 0 Å². The number of amides is 1. The summed E-state index contributed by atoms with van der Waals surface area (Å²) >= 11 is 0. The molecule has 24 nitrogen and oxygen atoms in total. The molecule has 1 unspecified atom stereocenters. The Labute approximate surface area is 540 Å². The Bertz CT molecular complexity index is 3110. The summed E-state index contributed by atoms with van der Waals surface area (Å²) in [6, 6.07) is -2.22. The Morgan fingerprint density at radius 3 is 2.18 bits per heavy atom. The maximum atomic E-state index is 14.7. The number of aliphatic hydroxyl groups excluding tert-OH is 2. The van der Waals surface area contributed by atoms with Crippen LogP contribution in [0.25, 0.3) is 0 Å². The maximum absolute atomic E-state index is 14.7. The number of nitrogens with two attached hydrogens (primary N) is 2. The lowest BCUT2D eigenvalue weighted by Crippen LogP contribution is -2.61. The molecule has 4 fully saturated rings. The van der Waals surface area contributed by atoms with Gasteiger partial charge in [0.2, 0.25) is 17.7 Å². The number of esters is 2. The first-order valence-corrected chi connectivity index (χ1v) is 32.9. The van der Waals surface area contributed by atoms with Crippen LogP contribution in [-0.2, 0) is 65.3 Å². The summed E-state index contributed by atoms with van der Waals surface area (Å²) in [4.78, 5) is 121. The van der Waals surface area contributed by atoms with Crippen LogP contribution in [-0.4, -0.2) is 189 Å². The van der Waals surface area contributed by atoms with Gasteiger partial charge in [-0.15, -0.1) is 0 Å². The highest BCUT2D eigenvalue weighted by atomic mass is 16.6. The normalized spacial score (nSPS) is 33.5. The summed E-state index contributed by atoms with van der Waals surface area (Å²) in [6.07, 6.45) is 12.5. The predicted molar refractivity (Wildman–Crippen MR) is 341 cm³/mol. The number of rotatable bonds is 10. The molecule has 4 aliphatic heterocycles. The molecule has 2 aromatic heterocycles. The van der Waals surface area contributed by atoms with Crippen LogP contribution in [0, 0.1) is 35.5 Å². The van der Waals surface area contributed by atoms with Gasteiger partial charge in [0.05, 0.1) is 29.8 Å². The van der Waals surface area contributed by atoms with E-state index in [2.05, 4.69) is 14.9 Å². The molecule has 0 aromatic carbocycles. The highest BCUT2D eigenvalue weighted by Gasteiger charge is 2.53. The number of hydrogen-bond acceptors (Lipinski definition) is 23. The van der Waals surface area contributed by atoms with Gasteiger partial charge in [0.25, 0.3) is 11.7 Å². The van der Waals surface area contributed by atoms with E-state index in [-0.39, 0.29) is 66.4 Å². The number of methoxy groups -OCH3 is 2. The summed E-state index contributed by atoms with van der Waals surface area (Å²) in [5.41, 5.74) is 16.2. The van der Waals surface area contributed by atoms with Crippen molar-refractivity contribution < 1.29 is 72.6 Å². The third kappa shape index (κ3) is 17.4. The zero-order valence-corrected chi connectivity index (χ0v) is 54.9. The van der Waals surface area contributed by atoms with Crippen molar-refractivity contribution in [3.63, 3.8) is 0 Å². The Balaban J connectivity index is 0.942. The van der Waals surface area contributed by atoms with Gasteiger partial charge in [0.15, 0.2) is 11.6 Å². The quantitative estimate of drug-likeness (QED) is 0.0876. The van der Waals surface area contributed by atoms with Crippen LogP contribution < -0.4 is 21.3 Å². The molecule has 0 spiro atoms. The SMILES string of the molecule is CO[C@H]1C[C@@H]2CC[C@@H](C)[C@@](O)(O2)C(=O)C(=O)N2CCCC[C@H]2C(=O)O[C@H]([C@H](N)C[C@@H]2CC[C@@H](OC(=O)C3CCc4nc(N5CCN(c6ncc(C(C)=O)c(N)n6)CC5)ncc4C3)[C@H](OC)C2)CC(=O)[C@H](C)/C=C(\C)[C@@H](O)[C@@H](O)C(=O)[C@H](C)C[C@H](C)/C=C/C=CC=C1C. The fourth-order valence-electron chi connectivity index (χ4n) is 13.8. The standard InChI is InChI=1S/C68H97N9O15/c1-38-15-11-10-12-16-39(2)55(88-8)34-48-21-18-43(6)68(87,92-48)61(83)63(84)77-24-14-13-17-52(77)65(86)91-56(35-53(79)40(3)30-42(5)59(81)60(82)58(80)41(4)29-38)50(69)31-45-19-23-54(57(32-45)89-9)90-64(85)46-20-22-51-47(33-46)36-71-66(73-51)75-25-27-76(28-26-75)67-72-37-49(44(7)78)62(70)74-67/h10-12,15-16,30,36-38,40-41,43,45-46,48,50,52,54-57,59-60,81-82,87H,13-14,17-29,31-35,69H2,1-9H3,(H2,70,72,74)/b12-10?,15-11+,39-16?,42-30+/t38-,40-,41-,43-,45+,46?,48+,50-,52+,54-,55+,56+,57-,59-,60+,68-/m1/s1. The van der Waals surface area contributed by atoms with Crippen molar-refractivity contribution in [1.82, 2.24) is 24.8 Å². The van der Waals surface area contributed by atoms with Crippen molar-refractivity contribution in [2.24, 2.45) is 41.2 Å². The number of ether oxygens (including phenoxy) is 5. The molecule has 2 aromatic rings. The number of aromatic nitrogens is 4. The lowest BCUT2D eigenvalue weighted by molar-refractivity contribution is -0.265. The van der Waals surface area contributed by atoms with E-state index in [1.807, 2.05) is 49.1 Å². The minimum Gasteiger partial charge on any atom is -0.459 e. The van der Waals surface area contributed by atoms with Gasteiger partial charge in [-0.25, -0.2) is 19.7 Å². The van der Waals surface area contributed by atoms with E-state index in [9.17, 15) is 48.9 Å². The van der Waals surface area contributed by atoms with Crippen LogP contribution in [0.15, 0.2) is 60.0 Å². The van der Waals surface area contributed by atoms with Crippen molar-refractivity contribution >= 4 is 58.7 Å². The number of piperazine rings is 1. The van der Waals surface area contributed by atoms with Crippen LogP contribution in [0.1, 0.15) is 154 Å². The Hall–Kier alpha value is -6.67. The molecule has 504 valence electrons. The molecule has 2 aliphatic carbocycles. The highest BCUT2D eigenvalue weighted by Crippen LogP contribution is 2.38. The largest absolute Gasteiger partial charge is 0.459 e. The molecule has 3 saturated heterocycles.